The van der Waals surface area contributed by atoms with Crippen molar-refractivity contribution in [3.05, 3.63) is 0 Å². The van der Waals surface area contributed by atoms with Gasteiger partial charge in [-0.05, 0) is 12.8 Å². The van der Waals surface area contributed by atoms with Gasteiger partial charge in [-0.2, -0.15) is 17.0 Å². The fraction of sp³-hybridized carbons (Fsp3) is 0.909. The molecule has 20 heavy (non-hydrogen) atoms. The first-order valence-corrected chi connectivity index (χ1v) is 7.82. The van der Waals surface area contributed by atoms with Crippen molar-refractivity contribution < 1.29 is 27.8 Å². The van der Waals surface area contributed by atoms with Crippen molar-refractivity contribution in [1.82, 2.24) is 8.61 Å². The molecule has 1 N–H and O–H groups in total. The average molecular weight is 310 g/mol. The maximum Gasteiger partial charge on any atom is 0.322 e. The van der Waals surface area contributed by atoms with E-state index >= 15 is 0 Å². The van der Waals surface area contributed by atoms with Gasteiger partial charge < -0.3 is 14.6 Å². The second-order valence-electron chi connectivity index (χ2n) is 4.50. The number of nitrogens with zero attached hydrogens (tertiary/aromatic N) is 2. The molecule has 0 aliphatic carbocycles. The number of carboxylic acid groups (broad SMARTS) is 1. The van der Waals surface area contributed by atoms with Crippen molar-refractivity contribution in [3.63, 3.8) is 0 Å². The Bertz CT molecular complexity index is 405. The molecule has 118 valence electrons. The Morgan fingerprint density at radius 2 is 1.85 bits per heavy atom. The molecule has 0 saturated carbocycles. The third-order valence-corrected chi connectivity index (χ3v) is 5.25. The highest BCUT2D eigenvalue weighted by Crippen LogP contribution is 2.23. The van der Waals surface area contributed by atoms with Crippen LogP contribution in [-0.2, 0) is 24.5 Å². The van der Waals surface area contributed by atoms with Gasteiger partial charge in [-0.3, -0.25) is 4.79 Å². The van der Waals surface area contributed by atoms with Crippen molar-refractivity contribution in [3.8, 4) is 0 Å². The Morgan fingerprint density at radius 1 is 1.30 bits per heavy atom. The molecule has 1 aliphatic heterocycles. The first-order chi connectivity index (χ1) is 9.45. The summed E-state index contributed by atoms with van der Waals surface area (Å²) < 4.78 is 37.1. The SMILES string of the molecule is COCCN(CCOC)S(=O)(=O)N1CCC[C@@H]1C(=O)O. The molecule has 0 spiro atoms. The molecule has 1 saturated heterocycles. The molecule has 1 heterocycles. The molecule has 1 atom stereocenters. The Morgan fingerprint density at radius 3 is 2.30 bits per heavy atom. The van der Waals surface area contributed by atoms with Gasteiger partial charge in [-0.25, -0.2) is 0 Å². The van der Waals surface area contributed by atoms with Crippen LogP contribution in [0.1, 0.15) is 12.8 Å². The number of ether oxygens (including phenoxy) is 2. The molecular formula is C11H22N2O6S. The minimum atomic E-state index is -3.81. The quantitative estimate of drug-likeness (QED) is 0.609. The highest BCUT2D eigenvalue weighted by molar-refractivity contribution is 7.86. The summed E-state index contributed by atoms with van der Waals surface area (Å²) in [5.74, 6) is -1.11. The van der Waals surface area contributed by atoms with Crippen molar-refractivity contribution in [2.45, 2.75) is 18.9 Å². The predicted molar refractivity (Wildman–Crippen MR) is 71.6 cm³/mol. The van der Waals surface area contributed by atoms with Crippen LogP contribution in [-0.4, -0.2) is 81.2 Å². The minimum absolute atomic E-state index is 0.172. The molecule has 0 unspecified atom stereocenters. The monoisotopic (exact) mass is 310 g/mol. The van der Waals surface area contributed by atoms with E-state index in [0.717, 1.165) is 4.31 Å². The van der Waals surface area contributed by atoms with E-state index in [1.165, 1.54) is 18.5 Å². The van der Waals surface area contributed by atoms with Gasteiger partial charge in [0.2, 0.25) is 0 Å². The van der Waals surface area contributed by atoms with Crippen LogP contribution in [0.3, 0.4) is 0 Å². The van der Waals surface area contributed by atoms with E-state index in [1.807, 2.05) is 0 Å². The molecule has 1 fully saturated rings. The predicted octanol–water partition coefficient (Wildman–Crippen LogP) is -0.625. The number of aliphatic carboxylic acids is 1. The van der Waals surface area contributed by atoms with E-state index in [-0.39, 0.29) is 32.8 Å². The molecule has 8 nitrogen and oxygen atoms in total. The third-order valence-electron chi connectivity index (χ3n) is 3.20. The van der Waals surface area contributed by atoms with Crippen molar-refractivity contribution in [1.29, 1.82) is 0 Å². The third kappa shape index (κ3) is 4.13. The van der Waals surface area contributed by atoms with Gasteiger partial charge in [-0.1, -0.05) is 0 Å². The first-order valence-electron chi connectivity index (χ1n) is 6.42. The lowest BCUT2D eigenvalue weighted by atomic mass is 10.2. The Hall–Kier alpha value is -0.740. The summed E-state index contributed by atoms with van der Waals surface area (Å²) in [6.07, 6.45) is 0.898. The maximum absolute atomic E-state index is 12.5. The van der Waals surface area contributed by atoms with E-state index in [4.69, 9.17) is 14.6 Å². The van der Waals surface area contributed by atoms with Crippen LogP contribution in [0.5, 0.6) is 0 Å². The Balaban J connectivity index is 2.87. The van der Waals surface area contributed by atoms with E-state index in [9.17, 15) is 13.2 Å². The van der Waals surface area contributed by atoms with Crippen molar-refractivity contribution in [2.75, 3.05) is 47.1 Å². The molecule has 0 aromatic rings. The van der Waals surface area contributed by atoms with Crippen LogP contribution in [0.15, 0.2) is 0 Å². The van der Waals surface area contributed by atoms with Gasteiger partial charge in [0, 0.05) is 33.9 Å². The van der Waals surface area contributed by atoms with Gasteiger partial charge in [0.25, 0.3) is 10.2 Å². The normalized spacial score (nSPS) is 20.6. The average Bonchev–Trinajstić information content (AvgIpc) is 2.88. The van der Waals surface area contributed by atoms with Gasteiger partial charge >= 0.3 is 5.97 Å². The summed E-state index contributed by atoms with van der Waals surface area (Å²) >= 11 is 0. The van der Waals surface area contributed by atoms with Gasteiger partial charge in [0.05, 0.1) is 13.2 Å². The molecule has 0 amide bonds. The fourth-order valence-corrected chi connectivity index (χ4v) is 3.92. The summed E-state index contributed by atoms with van der Waals surface area (Å²) in [4.78, 5) is 11.1. The second-order valence-corrected chi connectivity index (χ2v) is 6.38. The standard InChI is InChI=1S/C11H22N2O6S/c1-18-8-6-12(7-9-19-2)20(16,17)13-5-3-4-10(13)11(14)15/h10H,3-9H2,1-2H3,(H,14,15)/t10-/m1/s1. The fourth-order valence-electron chi connectivity index (χ4n) is 2.14. The molecular weight excluding hydrogens is 288 g/mol. The number of carbonyl (C=O) groups is 1. The van der Waals surface area contributed by atoms with Gasteiger partial charge in [0.15, 0.2) is 0 Å². The van der Waals surface area contributed by atoms with E-state index in [0.29, 0.717) is 12.8 Å². The zero-order valence-electron chi connectivity index (χ0n) is 11.8. The van der Waals surface area contributed by atoms with Gasteiger partial charge in [0.1, 0.15) is 6.04 Å². The summed E-state index contributed by atoms with van der Waals surface area (Å²) in [5, 5.41) is 9.11. The number of carboxylic acids is 1. The number of rotatable bonds is 9. The summed E-state index contributed by atoms with van der Waals surface area (Å²) in [7, 11) is -0.847. The number of hydrogen-bond donors (Lipinski definition) is 1. The molecule has 0 aromatic carbocycles. The molecule has 0 aromatic heterocycles. The lowest BCUT2D eigenvalue weighted by Crippen LogP contribution is -2.50. The molecule has 9 heteroatoms. The maximum atomic E-state index is 12.5. The van der Waals surface area contributed by atoms with Crippen molar-refractivity contribution in [2.24, 2.45) is 0 Å². The zero-order chi connectivity index (χ0) is 15.2. The van der Waals surface area contributed by atoms with Crippen LogP contribution in [0, 0.1) is 0 Å². The molecule has 1 aliphatic rings. The number of methoxy groups -OCH3 is 2. The van der Waals surface area contributed by atoms with Crippen LogP contribution >= 0.6 is 0 Å². The van der Waals surface area contributed by atoms with Crippen LogP contribution < -0.4 is 0 Å². The highest BCUT2D eigenvalue weighted by Gasteiger charge is 2.41. The van der Waals surface area contributed by atoms with Crippen LogP contribution in [0.4, 0.5) is 0 Å². The zero-order valence-corrected chi connectivity index (χ0v) is 12.6. The largest absolute Gasteiger partial charge is 0.480 e. The second kappa shape index (κ2) is 7.89. The minimum Gasteiger partial charge on any atom is -0.480 e. The van der Waals surface area contributed by atoms with E-state index < -0.39 is 22.2 Å². The smallest absolute Gasteiger partial charge is 0.322 e. The van der Waals surface area contributed by atoms with Crippen molar-refractivity contribution >= 4 is 16.2 Å². The topological polar surface area (TPSA) is 96.4 Å². The lowest BCUT2D eigenvalue weighted by Gasteiger charge is -2.29. The van der Waals surface area contributed by atoms with E-state index in [1.54, 1.807) is 0 Å². The summed E-state index contributed by atoms with van der Waals surface area (Å²) in [5.41, 5.74) is 0. The Kier molecular flexibility index (Phi) is 6.83. The van der Waals surface area contributed by atoms with E-state index in [2.05, 4.69) is 0 Å². The molecule has 1 rings (SSSR count). The highest BCUT2D eigenvalue weighted by atomic mass is 32.2. The van der Waals surface area contributed by atoms with Gasteiger partial charge in [-0.15, -0.1) is 0 Å². The molecule has 0 bridgehead atoms. The number of hydrogen-bond acceptors (Lipinski definition) is 5. The summed E-state index contributed by atoms with van der Waals surface area (Å²) in [6, 6.07) is -0.979. The Labute approximate surface area is 119 Å². The lowest BCUT2D eigenvalue weighted by molar-refractivity contribution is -0.140. The summed E-state index contributed by atoms with van der Waals surface area (Å²) in [6.45, 7) is 1.06. The van der Waals surface area contributed by atoms with Crippen LogP contribution in [0.25, 0.3) is 0 Å². The van der Waals surface area contributed by atoms with Crippen LogP contribution in [0.2, 0.25) is 0 Å². The molecule has 0 radical (unpaired) electrons. The first kappa shape index (κ1) is 17.3.